The molecule has 120 valence electrons. The van der Waals surface area contributed by atoms with Gasteiger partial charge < -0.3 is 10.5 Å². The SMILES string of the molecule is CCCS(=O)(=O)CCOc1ccc(C)cc1CC(N)CC. The van der Waals surface area contributed by atoms with Crippen molar-refractivity contribution in [3.05, 3.63) is 29.3 Å². The first kappa shape index (κ1) is 18.0. The lowest BCUT2D eigenvalue weighted by Crippen LogP contribution is -2.22. The van der Waals surface area contributed by atoms with E-state index in [-0.39, 0.29) is 24.2 Å². The maximum Gasteiger partial charge on any atom is 0.153 e. The fourth-order valence-electron chi connectivity index (χ4n) is 2.13. The highest BCUT2D eigenvalue weighted by molar-refractivity contribution is 7.91. The second-order valence-corrected chi connectivity index (χ2v) is 7.79. The molecule has 0 bridgehead atoms. The third kappa shape index (κ3) is 6.48. The fraction of sp³-hybridized carbons (Fsp3) is 0.625. The number of benzene rings is 1. The first-order valence-corrected chi connectivity index (χ1v) is 9.38. The Bertz CT molecular complexity index is 540. The molecule has 0 fully saturated rings. The van der Waals surface area contributed by atoms with Crippen molar-refractivity contribution in [3.8, 4) is 5.75 Å². The van der Waals surface area contributed by atoms with Gasteiger partial charge in [-0.05, 0) is 37.8 Å². The van der Waals surface area contributed by atoms with Crippen molar-refractivity contribution in [1.29, 1.82) is 0 Å². The van der Waals surface area contributed by atoms with Crippen LogP contribution in [0.5, 0.6) is 5.75 Å². The molecule has 0 spiro atoms. The normalized spacial score (nSPS) is 13.1. The highest BCUT2D eigenvalue weighted by atomic mass is 32.2. The Morgan fingerprint density at radius 2 is 1.95 bits per heavy atom. The Kier molecular flexibility index (Phi) is 7.18. The van der Waals surface area contributed by atoms with Crippen molar-refractivity contribution in [2.24, 2.45) is 5.73 Å². The zero-order valence-corrected chi connectivity index (χ0v) is 14.1. The van der Waals surface area contributed by atoms with Crippen LogP contribution in [-0.4, -0.2) is 32.6 Å². The fourth-order valence-corrected chi connectivity index (χ4v) is 3.29. The summed E-state index contributed by atoms with van der Waals surface area (Å²) in [5.74, 6) is 1.03. The predicted molar refractivity (Wildman–Crippen MR) is 87.6 cm³/mol. The molecular formula is C16H27NO3S. The summed E-state index contributed by atoms with van der Waals surface area (Å²) in [5, 5.41) is 0. The number of sulfone groups is 1. The van der Waals surface area contributed by atoms with Gasteiger partial charge in [-0.2, -0.15) is 0 Å². The molecule has 1 aromatic rings. The molecule has 1 unspecified atom stereocenters. The average molecular weight is 313 g/mol. The van der Waals surface area contributed by atoms with E-state index in [1.165, 1.54) is 0 Å². The van der Waals surface area contributed by atoms with Gasteiger partial charge in [0.25, 0.3) is 0 Å². The van der Waals surface area contributed by atoms with Gasteiger partial charge in [-0.25, -0.2) is 8.42 Å². The first-order valence-electron chi connectivity index (χ1n) is 7.56. The van der Waals surface area contributed by atoms with E-state index in [4.69, 9.17) is 10.5 Å². The summed E-state index contributed by atoms with van der Waals surface area (Å²) in [4.78, 5) is 0. The average Bonchev–Trinajstić information content (AvgIpc) is 2.40. The number of hydrogen-bond donors (Lipinski definition) is 1. The molecule has 1 aromatic carbocycles. The number of rotatable bonds is 9. The second kappa shape index (κ2) is 8.39. The summed E-state index contributed by atoms with van der Waals surface area (Å²) in [7, 11) is -3.00. The number of nitrogens with two attached hydrogens (primary N) is 1. The van der Waals surface area contributed by atoms with Crippen LogP contribution in [0, 0.1) is 6.92 Å². The Labute approximate surface area is 128 Å². The van der Waals surface area contributed by atoms with Crippen LogP contribution in [0.4, 0.5) is 0 Å². The highest BCUT2D eigenvalue weighted by Crippen LogP contribution is 2.22. The quantitative estimate of drug-likeness (QED) is 0.760. The van der Waals surface area contributed by atoms with E-state index in [1.807, 2.05) is 26.0 Å². The van der Waals surface area contributed by atoms with Crippen LogP contribution in [0.3, 0.4) is 0 Å². The number of ether oxygens (including phenoxy) is 1. The van der Waals surface area contributed by atoms with E-state index < -0.39 is 9.84 Å². The summed E-state index contributed by atoms with van der Waals surface area (Å²) < 4.78 is 29.1. The molecule has 0 saturated heterocycles. The molecule has 1 rings (SSSR count). The van der Waals surface area contributed by atoms with Crippen LogP contribution < -0.4 is 10.5 Å². The van der Waals surface area contributed by atoms with Crippen molar-refractivity contribution in [2.75, 3.05) is 18.1 Å². The van der Waals surface area contributed by atoms with Crippen molar-refractivity contribution in [2.45, 2.75) is 46.1 Å². The van der Waals surface area contributed by atoms with Crippen LogP contribution in [0.2, 0.25) is 0 Å². The molecule has 0 heterocycles. The van der Waals surface area contributed by atoms with Crippen molar-refractivity contribution in [3.63, 3.8) is 0 Å². The third-order valence-electron chi connectivity index (χ3n) is 3.39. The van der Waals surface area contributed by atoms with Crippen molar-refractivity contribution >= 4 is 9.84 Å². The van der Waals surface area contributed by atoms with Crippen molar-refractivity contribution < 1.29 is 13.2 Å². The standard InChI is InChI=1S/C16H27NO3S/c1-4-9-21(18,19)10-8-20-16-7-6-13(3)11-14(16)12-15(17)5-2/h6-7,11,15H,4-5,8-10,12,17H2,1-3H3. The van der Waals surface area contributed by atoms with E-state index in [2.05, 4.69) is 13.0 Å². The van der Waals surface area contributed by atoms with Crippen LogP contribution in [0.15, 0.2) is 18.2 Å². The van der Waals surface area contributed by atoms with Crippen molar-refractivity contribution in [1.82, 2.24) is 0 Å². The maximum atomic E-state index is 11.7. The van der Waals surface area contributed by atoms with E-state index in [0.717, 1.165) is 29.7 Å². The van der Waals surface area contributed by atoms with Gasteiger partial charge in [0.05, 0.1) is 11.5 Å². The minimum atomic E-state index is -3.00. The van der Waals surface area contributed by atoms with Gasteiger partial charge >= 0.3 is 0 Å². The molecule has 0 aliphatic carbocycles. The zero-order valence-electron chi connectivity index (χ0n) is 13.3. The van der Waals surface area contributed by atoms with E-state index in [0.29, 0.717) is 6.42 Å². The molecule has 1 atom stereocenters. The molecule has 21 heavy (non-hydrogen) atoms. The Morgan fingerprint density at radius 1 is 1.24 bits per heavy atom. The summed E-state index contributed by atoms with van der Waals surface area (Å²) in [6.07, 6.45) is 2.29. The van der Waals surface area contributed by atoms with Gasteiger partial charge in [0.1, 0.15) is 12.4 Å². The van der Waals surface area contributed by atoms with E-state index in [1.54, 1.807) is 0 Å². The molecule has 0 aliphatic heterocycles. The molecule has 0 aromatic heterocycles. The first-order chi connectivity index (χ1) is 9.88. The van der Waals surface area contributed by atoms with Crippen LogP contribution in [0.1, 0.15) is 37.8 Å². The molecule has 5 heteroatoms. The Morgan fingerprint density at radius 3 is 2.57 bits per heavy atom. The molecular weight excluding hydrogens is 286 g/mol. The molecule has 0 radical (unpaired) electrons. The molecule has 0 saturated carbocycles. The largest absolute Gasteiger partial charge is 0.492 e. The van der Waals surface area contributed by atoms with E-state index in [9.17, 15) is 8.42 Å². The Balaban J connectivity index is 2.70. The molecule has 0 aliphatic rings. The summed E-state index contributed by atoms with van der Waals surface area (Å²) in [6, 6.07) is 6.03. The lowest BCUT2D eigenvalue weighted by molar-refractivity contribution is 0.336. The summed E-state index contributed by atoms with van der Waals surface area (Å²) in [5.41, 5.74) is 8.22. The summed E-state index contributed by atoms with van der Waals surface area (Å²) >= 11 is 0. The molecule has 2 N–H and O–H groups in total. The smallest absolute Gasteiger partial charge is 0.153 e. The highest BCUT2D eigenvalue weighted by Gasteiger charge is 2.12. The van der Waals surface area contributed by atoms with Gasteiger partial charge in [0.15, 0.2) is 9.84 Å². The number of aryl methyl sites for hydroxylation is 1. The van der Waals surface area contributed by atoms with Gasteiger partial charge in [-0.3, -0.25) is 0 Å². The van der Waals surface area contributed by atoms with Crippen LogP contribution in [-0.2, 0) is 16.3 Å². The third-order valence-corrected chi connectivity index (χ3v) is 5.21. The minimum absolute atomic E-state index is 0.0635. The lowest BCUT2D eigenvalue weighted by Gasteiger charge is -2.15. The lowest BCUT2D eigenvalue weighted by atomic mass is 10.0. The van der Waals surface area contributed by atoms with Gasteiger partial charge in [-0.1, -0.05) is 31.5 Å². The molecule has 4 nitrogen and oxygen atoms in total. The number of hydrogen-bond acceptors (Lipinski definition) is 4. The zero-order chi connectivity index (χ0) is 15.9. The van der Waals surface area contributed by atoms with Gasteiger partial charge in [-0.15, -0.1) is 0 Å². The second-order valence-electron chi connectivity index (χ2n) is 5.48. The monoisotopic (exact) mass is 313 g/mol. The predicted octanol–water partition coefficient (Wildman–Crippen LogP) is 2.48. The minimum Gasteiger partial charge on any atom is -0.492 e. The van der Waals surface area contributed by atoms with Gasteiger partial charge in [0, 0.05) is 6.04 Å². The summed E-state index contributed by atoms with van der Waals surface area (Å²) in [6.45, 7) is 6.14. The Hall–Kier alpha value is -1.07. The van der Waals surface area contributed by atoms with E-state index >= 15 is 0 Å². The topological polar surface area (TPSA) is 69.4 Å². The maximum absolute atomic E-state index is 11.7. The van der Waals surface area contributed by atoms with Gasteiger partial charge in [0.2, 0.25) is 0 Å². The van der Waals surface area contributed by atoms with Crippen LogP contribution in [0.25, 0.3) is 0 Å². The van der Waals surface area contributed by atoms with Crippen LogP contribution >= 0.6 is 0 Å². The molecule has 0 amide bonds.